The summed E-state index contributed by atoms with van der Waals surface area (Å²) < 4.78 is 0. The van der Waals surface area contributed by atoms with Gasteiger partial charge in [0.1, 0.15) is 0 Å². The van der Waals surface area contributed by atoms with Gasteiger partial charge in [-0.05, 0) is 24.5 Å². The quantitative estimate of drug-likeness (QED) is 0.732. The Morgan fingerprint density at radius 1 is 1.20 bits per heavy atom. The summed E-state index contributed by atoms with van der Waals surface area (Å²) in [7, 11) is 0. The molecule has 1 rings (SSSR count). The van der Waals surface area contributed by atoms with Crippen molar-refractivity contribution in [2.24, 2.45) is 5.41 Å². The van der Waals surface area contributed by atoms with Crippen LogP contribution in [-0.2, 0) is 0 Å². The first-order chi connectivity index (χ1) is 6.89. The van der Waals surface area contributed by atoms with E-state index in [1.54, 1.807) is 0 Å². The standard InChI is InChI=1S/C14H21N/c1-11-6-8-13(9-7-11)15-10-12(2)14(3,4)5/h6-9,15H,2,10H2,1,3-5H3. The summed E-state index contributed by atoms with van der Waals surface area (Å²) in [5.74, 6) is 0. The third kappa shape index (κ3) is 3.78. The average Bonchev–Trinajstić information content (AvgIpc) is 2.15. The zero-order chi connectivity index (χ0) is 11.5. The number of aryl methyl sites for hydroxylation is 1. The molecule has 0 amide bonds. The van der Waals surface area contributed by atoms with Crippen LogP contribution in [0.25, 0.3) is 0 Å². The van der Waals surface area contributed by atoms with Crippen LogP contribution < -0.4 is 5.32 Å². The molecule has 0 saturated carbocycles. The molecule has 0 aliphatic heterocycles. The first-order valence-corrected chi connectivity index (χ1v) is 5.38. The van der Waals surface area contributed by atoms with Gasteiger partial charge in [-0.25, -0.2) is 0 Å². The molecule has 1 aromatic carbocycles. The van der Waals surface area contributed by atoms with Crippen molar-refractivity contribution < 1.29 is 0 Å². The van der Waals surface area contributed by atoms with Gasteiger partial charge in [0.05, 0.1) is 0 Å². The van der Waals surface area contributed by atoms with Crippen molar-refractivity contribution in [3.8, 4) is 0 Å². The lowest BCUT2D eigenvalue weighted by Crippen LogP contribution is -2.16. The minimum atomic E-state index is 0.178. The molecule has 0 radical (unpaired) electrons. The summed E-state index contributed by atoms with van der Waals surface area (Å²) >= 11 is 0. The monoisotopic (exact) mass is 203 g/mol. The van der Waals surface area contributed by atoms with Crippen LogP contribution in [0.5, 0.6) is 0 Å². The lowest BCUT2D eigenvalue weighted by atomic mass is 9.87. The Balaban J connectivity index is 2.51. The van der Waals surface area contributed by atoms with Crippen molar-refractivity contribution in [1.82, 2.24) is 0 Å². The summed E-state index contributed by atoms with van der Waals surface area (Å²) in [5.41, 5.74) is 3.85. The second-order valence-electron chi connectivity index (χ2n) is 5.07. The van der Waals surface area contributed by atoms with Crippen molar-refractivity contribution in [2.45, 2.75) is 27.7 Å². The Labute approximate surface area is 93.2 Å². The van der Waals surface area contributed by atoms with Crippen LogP contribution in [0.2, 0.25) is 0 Å². The highest BCUT2D eigenvalue weighted by Crippen LogP contribution is 2.23. The highest BCUT2D eigenvalue weighted by atomic mass is 14.9. The van der Waals surface area contributed by atoms with Crippen molar-refractivity contribution in [1.29, 1.82) is 0 Å². The molecule has 1 nitrogen and oxygen atoms in total. The number of rotatable bonds is 3. The molecule has 1 N–H and O–H groups in total. The number of nitrogens with one attached hydrogen (secondary N) is 1. The Bertz CT molecular complexity index is 327. The SMILES string of the molecule is C=C(CNc1ccc(C)cc1)C(C)(C)C. The molecule has 0 bridgehead atoms. The third-order valence-electron chi connectivity index (χ3n) is 2.62. The summed E-state index contributed by atoms with van der Waals surface area (Å²) in [6.45, 7) is 13.6. The predicted octanol–water partition coefficient (Wildman–Crippen LogP) is 4.01. The summed E-state index contributed by atoms with van der Waals surface area (Å²) in [5, 5.41) is 3.38. The van der Waals surface area contributed by atoms with Crippen LogP contribution in [0.15, 0.2) is 36.4 Å². The zero-order valence-corrected chi connectivity index (χ0v) is 10.2. The van der Waals surface area contributed by atoms with Gasteiger partial charge < -0.3 is 5.32 Å². The third-order valence-corrected chi connectivity index (χ3v) is 2.62. The fraction of sp³-hybridized carbons (Fsp3) is 0.429. The fourth-order valence-corrected chi connectivity index (χ4v) is 1.15. The van der Waals surface area contributed by atoms with E-state index in [1.807, 2.05) is 0 Å². The molecule has 0 aliphatic rings. The number of benzene rings is 1. The molecule has 0 unspecified atom stereocenters. The minimum Gasteiger partial charge on any atom is -0.381 e. The Morgan fingerprint density at radius 3 is 2.20 bits per heavy atom. The maximum atomic E-state index is 4.10. The van der Waals surface area contributed by atoms with Crippen LogP contribution in [0, 0.1) is 12.3 Å². The molecule has 1 heteroatoms. The molecule has 0 heterocycles. The second-order valence-corrected chi connectivity index (χ2v) is 5.07. The Hall–Kier alpha value is -1.24. The molecular weight excluding hydrogens is 182 g/mol. The number of hydrogen-bond acceptors (Lipinski definition) is 1. The fourth-order valence-electron chi connectivity index (χ4n) is 1.15. The largest absolute Gasteiger partial charge is 0.381 e. The van der Waals surface area contributed by atoms with Crippen molar-refractivity contribution in [3.05, 3.63) is 42.0 Å². The van der Waals surface area contributed by atoms with Crippen LogP contribution in [0.3, 0.4) is 0 Å². The van der Waals surface area contributed by atoms with E-state index in [0.29, 0.717) is 0 Å². The van der Waals surface area contributed by atoms with Gasteiger partial charge in [-0.2, -0.15) is 0 Å². The van der Waals surface area contributed by atoms with E-state index in [2.05, 4.69) is 63.9 Å². The molecule has 0 fully saturated rings. The van der Waals surface area contributed by atoms with E-state index < -0.39 is 0 Å². The normalized spacial score (nSPS) is 11.2. The van der Waals surface area contributed by atoms with E-state index in [1.165, 1.54) is 11.1 Å². The van der Waals surface area contributed by atoms with E-state index >= 15 is 0 Å². The molecule has 0 aromatic heterocycles. The van der Waals surface area contributed by atoms with E-state index in [9.17, 15) is 0 Å². The van der Waals surface area contributed by atoms with E-state index in [4.69, 9.17) is 0 Å². The molecule has 0 atom stereocenters. The average molecular weight is 203 g/mol. The molecule has 0 spiro atoms. The van der Waals surface area contributed by atoms with Crippen LogP contribution in [0.1, 0.15) is 26.3 Å². The van der Waals surface area contributed by atoms with Gasteiger partial charge in [0, 0.05) is 12.2 Å². The lowest BCUT2D eigenvalue weighted by molar-refractivity contribution is 0.501. The predicted molar refractivity (Wildman–Crippen MR) is 68.3 cm³/mol. The molecule has 1 aromatic rings. The first-order valence-electron chi connectivity index (χ1n) is 5.38. The van der Waals surface area contributed by atoms with Crippen LogP contribution in [-0.4, -0.2) is 6.54 Å². The van der Waals surface area contributed by atoms with Crippen molar-refractivity contribution in [3.63, 3.8) is 0 Å². The number of anilines is 1. The smallest absolute Gasteiger partial charge is 0.0362 e. The molecule has 0 aliphatic carbocycles. The summed E-state index contributed by atoms with van der Waals surface area (Å²) in [6.07, 6.45) is 0. The minimum absolute atomic E-state index is 0.178. The van der Waals surface area contributed by atoms with Gasteiger partial charge in [0.25, 0.3) is 0 Å². The van der Waals surface area contributed by atoms with Gasteiger partial charge in [-0.3, -0.25) is 0 Å². The highest BCUT2D eigenvalue weighted by molar-refractivity contribution is 5.45. The number of hydrogen-bond donors (Lipinski definition) is 1. The summed E-state index contributed by atoms with van der Waals surface area (Å²) in [4.78, 5) is 0. The Morgan fingerprint density at radius 2 is 1.73 bits per heavy atom. The van der Waals surface area contributed by atoms with Crippen molar-refractivity contribution in [2.75, 3.05) is 11.9 Å². The molecule has 0 saturated heterocycles. The maximum Gasteiger partial charge on any atom is 0.0362 e. The maximum absolute atomic E-state index is 4.10. The van der Waals surface area contributed by atoms with E-state index in [0.717, 1.165) is 12.2 Å². The zero-order valence-electron chi connectivity index (χ0n) is 10.2. The van der Waals surface area contributed by atoms with Crippen LogP contribution in [0.4, 0.5) is 5.69 Å². The first kappa shape index (κ1) is 11.8. The highest BCUT2D eigenvalue weighted by Gasteiger charge is 2.13. The lowest BCUT2D eigenvalue weighted by Gasteiger charge is -2.22. The van der Waals surface area contributed by atoms with Gasteiger partial charge in [-0.1, -0.05) is 50.6 Å². The molecule has 82 valence electrons. The molecular formula is C14H21N. The Kier molecular flexibility index (Phi) is 3.57. The van der Waals surface area contributed by atoms with Gasteiger partial charge in [-0.15, -0.1) is 0 Å². The van der Waals surface area contributed by atoms with Crippen LogP contribution >= 0.6 is 0 Å². The van der Waals surface area contributed by atoms with Gasteiger partial charge >= 0.3 is 0 Å². The second kappa shape index (κ2) is 4.52. The molecule has 15 heavy (non-hydrogen) atoms. The van der Waals surface area contributed by atoms with Gasteiger partial charge in [0.2, 0.25) is 0 Å². The van der Waals surface area contributed by atoms with E-state index in [-0.39, 0.29) is 5.41 Å². The summed E-state index contributed by atoms with van der Waals surface area (Å²) in [6, 6.07) is 8.43. The van der Waals surface area contributed by atoms with Crippen molar-refractivity contribution >= 4 is 5.69 Å². The topological polar surface area (TPSA) is 12.0 Å². The van der Waals surface area contributed by atoms with Gasteiger partial charge in [0.15, 0.2) is 0 Å².